The van der Waals surface area contributed by atoms with Crippen LogP contribution in [-0.2, 0) is 12.7 Å². The predicted octanol–water partition coefficient (Wildman–Crippen LogP) is 4.64. The second-order valence-corrected chi connectivity index (χ2v) is 4.03. The van der Waals surface area contributed by atoms with Gasteiger partial charge in [-0.15, -0.1) is 0 Å². The molecule has 2 aromatic rings. The van der Waals surface area contributed by atoms with E-state index in [9.17, 15) is 18.1 Å². The van der Waals surface area contributed by atoms with Crippen LogP contribution >= 0.6 is 0 Å². The number of halogens is 3. The lowest BCUT2D eigenvalue weighted by Gasteiger charge is -2.14. The van der Waals surface area contributed by atoms with Crippen LogP contribution in [0.1, 0.15) is 11.1 Å². The molecule has 98 valence electrons. The molecule has 0 N–H and O–H groups in total. The Bertz CT molecular complexity index is 579. The van der Waals surface area contributed by atoms with Crippen molar-refractivity contribution in [2.24, 2.45) is 5.18 Å². The maximum atomic E-state index is 13.0. The van der Waals surface area contributed by atoms with Gasteiger partial charge in [0.25, 0.3) is 0 Å². The molecule has 0 saturated heterocycles. The van der Waals surface area contributed by atoms with Crippen LogP contribution in [0.25, 0.3) is 11.1 Å². The molecule has 0 amide bonds. The molecule has 0 fully saturated rings. The average Bonchev–Trinajstić information content (AvgIpc) is 2.39. The van der Waals surface area contributed by atoms with Crippen molar-refractivity contribution in [3.05, 3.63) is 64.6 Å². The van der Waals surface area contributed by atoms with Crippen LogP contribution in [0.4, 0.5) is 13.2 Å². The van der Waals surface area contributed by atoms with E-state index in [0.717, 1.165) is 6.07 Å². The Morgan fingerprint density at radius 3 is 2.26 bits per heavy atom. The first-order valence-electron chi connectivity index (χ1n) is 5.57. The third kappa shape index (κ3) is 2.99. The van der Waals surface area contributed by atoms with Gasteiger partial charge < -0.3 is 0 Å². The minimum atomic E-state index is -4.47. The van der Waals surface area contributed by atoms with Gasteiger partial charge in [0.15, 0.2) is 0 Å². The number of benzene rings is 2. The van der Waals surface area contributed by atoms with Gasteiger partial charge in [0.05, 0.1) is 5.56 Å². The molecule has 0 radical (unpaired) electrons. The molecular formula is C14H10F3NO. The van der Waals surface area contributed by atoms with Gasteiger partial charge in [-0.05, 0) is 22.8 Å². The van der Waals surface area contributed by atoms with Crippen LogP contribution in [0.5, 0.6) is 0 Å². The number of alkyl halides is 3. The lowest BCUT2D eigenvalue weighted by atomic mass is 9.97. The first-order valence-corrected chi connectivity index (χ1v) is 5.57. The largest absolute Gasteiger partial charge is 0.417 e. The van der Waals surface area contributed by atoms with Crippen molar-refractivity contribution in [3.8, 4) is 11.1 Å². The number of nitroso groups, excluding NO2 is 1. The Labute approximate surface area is 107 Å². The molecule has 2 rings (SSSR count). The Kier molecular flexibility index (Phi) is 3.64. The zero-order chi connectivity index (χ0) is 13.9. The lowest BCUT2D eigenvalue weighted by molar-refractivity contribution is -0.137. The Balaban J connectivity index is 2.58. The van der Waals surface area contributed by atoms with Crippen molar-refractivity contribution in [2.75, 3.05) is 0 Å². The predicted molar refractivity (Wildman–Crippen MR) is 66.4 cm³/mol. The smallest absolute Gasteiger partial charge is 0.166 e. The second kappa shape index (κ2) is 5.22. The Morgan fingerprint density at radius 1 is 1.00 bits per heavy atom. The van der Waals surface area contributed by atoms with Crippen molar-refractivity contribution in [2.45, 2.75) is 12.7 Å². The highest BCUT2D eigenvalue weighted by Crippen LogP contribution is 2.37. The molecule has 0 bridgehead atoms. The van der Waals surface area contributed by atoms with Gasteiger partial charge in [-0.25, -0.2) is 0 Å². The molecule has 0 atom stereocenters. The molecule has 0 aliphatic carbocycles. The topological polar surface area (TPSA) is 29.4 Å². The standard InChI is InChI=1S/C14H10F3NO/c15-14(16,17)13-8-10(9-18-19)6-7-12(13)11-4-2-1-3-5-11/h1-8H,9H2. The fourth-order valence-electron chi connectivity index (χ4n) is 1.87. The van der Waals surface area contributed by atoms with Crippen LogP contribution in [-0.4, -0.2) is 0 Å². The summed E-state index contributed by atoms with van der Waals surface area (Å²) < 4.78 is 39.1. The summed E-state index contributed by atoms with van der Waals surface area (Å²) >= 11 is 0. The normalized spacial score (nSPS) is 11.3. The molecule has 5 heteroatoms. The third-order valence-corrected chi connectivity index (χ3v) is 2.72. The summed E-state index contributed by atoms with van der Waals surface area (Å²) in [5.74, 6) is 0. The minimum Gasteiger partial charge on any atom is -0.166 e. The lowest BCUT2D eigenvalue weighted by Crippen LogP contribution is -2.08. The molecule has 2 aromatic carbocycles. The Morgan fingerprint density at radius 2 is 1.68 bits per heavy atom. The Hall–Kier alpha value is -2.17. The zero-order valence-electron chi connectivity index (χ0n) is 9.82. The molecule has 2 nitrogen and oxygen atoms in total. The highest BCUT2D eigenvalue weighted by atomic mass is 19.4. The van der Waals surface area contributed by atoms with E-state index < -0.39 is 11.7 Å². The SMILES string of the molecule is O=NCc1ccc(-c2ccccc2)c(C(F)(F)F)c1. The van der Waals surface area contributed by atoms with Gasteiger partial charge in [-0.1, -0.05) is 47.6 Å². The maximum absolute atomic E-state index is 13.0. The maximum Gasteiger partial charge on any atom is 0.417 e. The number of hydrogen-bond acceptors (Lipinski definition) is 2. The molecule has 0 spiro atoms. The summed E-state index contributed by atoms with van der Waals surface area (Å²) in [6, 6.07) is 12.2. The van der Waals surface area contributed by atoms with Crippen LogP contribution in [0.2, 0.25) is 0 Å². The van der Waals surface area contributed by atoms with Gasteiger partial charge in [-0.2, -0.15) is 18.1 Å². The van der Waals surface area contributed by atoms with Crippen LogP contribution in [0, 0.1) is 4.91 Å². The highest BCUT2D eigenvalue weighted by molar-refractivity contribution is 5.68. The van der Waals surface area contributed by atoms with E-state index in [4.69, 9.17) is 0 Å². The first kappa shape index (κ1) is 13.3. The highest BCUT2D eigenvalue weighted by Gasteiger charge is 2.33. The minimum absolute atomic E-state index is 0.0998. The molecular weight excluding hydrogens is 255 g/mol. The van der Waals surface area contributed by atoms with E-state index in [2.05, 4.69) is 5.18 Å². The van der Waals surface area contributed by atoms with E-state index in [1.165, 1.54) is 12.1 Å². The summed E-state index contributed by atoms with van der Waals surface area (Å²) in [7, 11) is 0. The average molecular weight is 265 g/mol. The summed E-state index contributed by atoms with van der Waals surface area (Å²) in [6.07, 6.45) is -4.47. The number of rotatable bonds is 3. The van der Waals surface area contributed by atoms with Crippen molar-refractivity contribution in [3.63, 3.8) is 0 Å². The van der Waals surface area contributed by atoms with Crippen molar-refractivity contribution in [1.29, 1.82) is 0 Å². The fraction of sp³-hybridized carbons (Fsp3) is 0.143. The van der Waals surface area contributed by atoms with E-state index in [0.29, 0.717) is 5.56 Å². The van der Waals surface area contributed by atoms with Crippen molar-refractivity contribution in [1.82, 2.24) is 0 Å². The van der Waals surface area contributed by atoms with Crippen LogP contribution in [0.3, 0.4) is 0 Å². The molecule has 0 unspecified atom stereocenters. The van der Waals surface area contributed by atoms with E-state index in [-0.39, 0.29) is 17.7 Å². The van der Waals surface area contributed by atoms with Crippen molar-refractivity contribution < 1.29 is 13.2 Å². The molecule has 0 aliphatic rings. The fourth-order valence-corrected chi connectivity index (χ4v) is 1.87. The summed E-state index contributed by atoms with van der Waals surface area (Å²) in [5.41, 5.74) is 0.0880. The number of nitrogens with zero attached hydrogens (tertiary/aromatic N) is 1. The number of hydrogen-bond donors (Lipinski definition) is 0. The van der Waals surface area contributed by atoms with Gasteiger partial charge in [0.2, 0.25) is 0 Å². The van der Waals surface area contributed by atoms with Crippen LogP contribution < -0.4 is 0 Å². The molecule has 0 aliphatic heterocycles. The van der Waals surface area contributed by atoms with Gasteiger partial charge in [-0.3, -0.25) is 0 Å². The summed E-state index contributed by atoms with van der Waals surface area (Å²) in [6.45, 7) is -0.266. The summed E-state index contributed by atoms with van der Waals surface area (Å²) in [4.78, 5) is 10.2. The zero-order valence-corrected chi connectivity index (χ0v) is 9.82. The van der Waals surface area contributed by atoms with Crippen molar-refractivity contribution >= 4 is 0 Å². The van der Waals surface area contributed by atoms with E-state index in [1.54, 1.807) is 30.3 Å². The van der Waals surface area contributed by atoms with Crippen LogP contribution in [0.15, 0.2) is 53.7 Å². The van der Waals surface area contributed by atoms with Gasteiger partial charge in [0.1, 0.15) is 6.54 Å². The first-order chi connectivity index (χ1) is 9.02. The second-order valence-electron chi connectivity index (χ2n) is 4.03. The van der Waals surface area contributed by atoms with E-state index >= 15 is 0 Å². The van der Waals surface area contributed by atoms with Gasteiger partial charge >= 0.3 is 6.18 Å². The molecule has 19 heavy (non-hydrogen) atoms. The molecule has 0 aromatic heterocycles. The van der Waals surface area contributed by atoms with E-state index in [1.807, 2.05) is 0 Å². The monoisotopic (exact) mass is 265 g/mol. The quantitative estimate of drug-likeness (QED) is 0.743. The molecule has 0 saturated carbocycles. The van der Waals surface area contributed by atoms with Gasteiger partial charge in [0, 0.05) is 0 Å². The summed E-state index contributed by atoms with van der Waals surface area (Å²) in [5, 5.41) is 2.61. The third-order valence-electron chi connectivity index (χ3n) is 2.72. The molecule has 0 heterocycles.